The Bertz CT molecular complexity index is 884. The third-order valence-electron chi connectivity index (χ3n) is 6.42. The van der Waals surface area contributed by atoms with Gasteiger partial charge in [-0.3, -0.25) is 9.69 Å². The number of hydrogen-bond donors (Lipinski definition) is 1. The van der Waals surface area contributed by atoms with Crippen LogP contribution in [0.5, 0.6) is 5.88 Å². The standard InChI is InChI=1S/C21H26N4O2/c26-19-5-2-8-24(19)12-11-23-9-7-16(14-23)25-10-6-15-13-22-21(27)17-3-1-4-18(25)20(15)17/h1,3-4,13,16H,2,5-12,14H2,(H,22,27). The van der Waals surface area contributed by atoms with Crippen molar-refractivity contribution in [2.75, 3.05) is 44.2 Å². The Hall–Kier alpha value is -2.34. The molecule has 6 heteroatoms. The molecule has 3 aliphatic heterocycles. The molecular formula is C21H26N4O2. The Kier molecular flexibility index (Phi) is 4.16. The van der Waals surface area contributed by atoms with Gasteiger partial charge in [-0.25, -0.2) is 4.98 Å². The maximum absolute atomic E-state index is 11.8. The lowest BCUT2D eigenvalue weighted by Crippen LogP contribution is -2.42. The summed E-state index contributed by atoms with van der Waals surface area (Å²) in [6, 6.07) is 6.65. The summed E-state index contributed by atoms with van der Waals surface area (Å²) in [5, 5.41) is 12.2. The van der Waals surface area contributed by atoms with Gasteiger partial charge in [-0.1, -0.05) is 6.07 Å². The van der Waals surface area contributed by atoms with E-state index in [1.807, 2.05) is 23.2 Å². The van der Waals surface area contributed by atoms with Crippen LogP contribution in [0.3, 0.4) is 0 Å². The van der Waals surface area contributed by atoms with Gasteiger partial charge in [0.2, 0.25) is 11.8 Å². The first kappa shape index (κ1) is 16.8. The van der Waals surface area contributed by atoms with Crippen molar-refractivity contribution in [3.8, 4) is 5.88 Å². The fraction of sp³-hybridized carbons (Fsp3) is 0.524. The number of rotatable bonds is 4. The number of amides is 1. The minimum atomic E-state index is 0.126. The van der Waals surface area contributed by atoms with Gasteiger partial charge < -0.3 is 14.9 Å². The molecule has 1 aromatic heterocycles. The molecule has 0 aliphatic carbocycles. The molecule has 4 heterocycles. The molecule has 3 aliphatic rings. The molecule has 1 amide bonds. The molecule has 6 nitrogen and oxygen atoms in total. The SMILES string of the molecule is O=C1CCCN1CCN1CCC(N2CCc3cnc(O)c4cccc2c34)C1. The zero-order valence-corrected chi connectivity index (χ0v) is 15.6. The van der Waals surface area contributed by atoms with Crippen LogP contribution >= 0.6 is 0 Å². The summed E-state index contributed by atoms with van der Waals surface area (Å²) in [7, 11) is 0. The fourth-order valence-corrected chi connectivity index (χ4v) is 4.98. The second-order valence-corrected chi connectivity index (χ2v) is 7.98. The first-order valence-electron chi connectivity index (χ1n) is 10.1. The largest absolute Gasteiger partial charge is 0.493 e. The minimum absolute atomic E-state index is 0.126. The highest BCUT2D eigenvalue weighted by Gasteiger charge is 2.32. The summed E-state index contributed by atoms with van der Waals surface area (Å²) in [6.07, 6.45) is 5.69. The van der Waals surface area contributed by atoms with Crippen molar-refractivity contribution >= 4 is 22.4 Å². The third-order valence-corrected chi connectivity index (χ3v) is 6.42. The van der Waals surface area contributed by atoms with E-state index in [0.717, 1.165) is 75.7 Å². The molecule has 2 fully saturated rings. The molecule has 1 atom stereocenters. The molecule has 142 valence electrons. The van der Waals surface area contributed by atoms with E-state index in [1.54, 1.807) is 0 Å². The number of hydrogen-bond acceptors (Lipinski definition) is 5. The van der Waals surface area contributed by atoms with Gasteiger partial charge in [0.15, 0.2) is 0 Å². The highest BCUT2D eigenvalue weighted by molar-refractivity contribution is 6.00. The van der Waals surface area contributed by atoms with E-state index in [1.165, 1.54) is 11.3 Å². The van der Waals surface area contributed by atoms with Gasteiger partial charge in [0.05, 0.1) is 0 Å². The van der Waals surface area contributed by atoms with Gasteiger partial charge in [0.25, 0.3) is 0 Å². The van der Waals surface area contributed by atoms with Gasteiger partial charge >= 0.3 is 0 Å². The summed E-state index contributed by atoms with van der Waals surface area (Å²) in [6.45, 7) is 5.91. The molecule has 5 rings (SSSR count). The van der Waals surface area contributed by atoms with E-state index >= 15 is 0 Å². The van der Waals surface area contributed by atoms with E-state index in [9.17, 15) is 9.90 Å². The second-order valence-electron chi connectivity index (χ2n) is 7.98. The Labute approximate surface area is 159 Å². The lowest BCUT2D eigenvalue weighted by Gasteiger charge is -2.36. The number of carbonyl (C=O) groups excluding carboxylic acids is 1. The summed E-state index contributed by atoms with van der Waals surface area (Å²) in [5.41, 5.74) is 2.46. The van der Waals surface area contributed by atoms with Crippen LogP contribution in [0.1, 0.15) is 24.8 Å². The van der Waals surface area contributed by atoms with Crippen molar-refractivity contribution in [3.63, 3.8) is 0 Å². The maximum Gasteiger partial charge on any atom is 0.222 e. The first-order chi connectivity index (χ1) is 13.2. The van der Waals surface area contributed by atoms with Gasteiger partial charge in [-0.05, 0) is 37.0 Å². The summed E-state index contributed by atoms with van der Waals surface area (Å²) in [4.78, 5) is 23.0. The Morgan fingerprint density at radius 2 is 2.07 bits per heavy atom. The van der Waals surface area contributed by atoms with E-state index in [-0.39, 0.29) is 5.88 Å². The van der Waals surface area contributed by atoms with Crippen molar-refractivity contribution in [2.24, 2.45) is 0 Å². The van der Waals surface area contributed by atoms with Crippen molar-refractivity contribution in [1.29, 1.82) is 0 Å². The van der Waals surface area contributed by atoms with Crippen LogP contribution in [0.15, 0.2) is 24.4 Å². The van der Waals surface area contributed by atoms with Crippen LogP contribution in [-0.2, 0) is 11.2 Å². The highest BCUT2D eigenvalue weighted by atomic mass is 16.3. The zero-order chi connectivity index (χ0) is 18.4. The lowest BCUT2D eigenvalue weighted by atomic mass is 9.97. The predicted octanol–water partition coefficient (Wildman–Crippen LogP) is 2.00. The Balaban J connectivity index is 1.32. The van der Waals surface area contributed by atoms with Crippen LogP contribution in [0.2, 0.25) is 0 Å². The van der Waals surface area contributed by atoms with E-state index in [0.29, 0.717) is 11.9 Å². The van der Waals surface area contributed by atoms with Crippen molar-refractivity contribution < 1.29 is 9.90 Å². The number of nitrogens with zero attached hydrogens (tertiary/aromatic N) is 4. The van der Waals surface area contributed by atoms with Crippen LogP contribution in [0.25, 0.3) is 10.8 Å². The molecule has 2 aromatic rings. The number of aromatic hydroxyl groups is 1. The molecule has 0 bridgehead atoms. The number of anilines is 1. The van der Waals surface area contributed by atoms with Gasteiger partial charge in [-0.15, -0.1) is 0 Å². The summed E-state index contributed by atoms with van der Waals surface area (Å²) >= 11 is 0. The molecule has 1 N–H and O–H groups in total. The minimum Gasteiger partial charge on any atom is -0.493 e. The smallest absolute Gasteiger partial charge is 0.222 e. The van der Waals surface area contributed by atoms with Gasteiger partial charge in [0.1, 0.15) is 0 Å². The van der Waals surface area contributed by atoms with Crippen molar-refractivity contribution in [3.05, 3.63) is 30.0 Å². The highest BCUT2D eigenvalue weighted by Crippen LogP contribution is 2.38. The number of benzene rings is 1. The molecule has 1 unspecified atom stereocenters. The normalized spacial score (nSPS) is 23.0. The van der Waals surface area contributed by atoms with Crippen LogP contribution in [-0.4, -0.2) is 71.1 Å². The van der Waals surface area contributed by atoms with E-state index < -0.39 is 0 Å². The lowest BCUT2D eigenvalue weighted by molar-refractivity contribution is -0.127. The summed E-state index contributed by atoms with van der Waals surface area (Å²) < 4.78 is 0. The van der Waals surface area contributed by atoms with Crippen molar-refractivity contribution in [2.45, 2.75) is 31.7 Å². The molecular weight excluding hydrogens is 340 g/mol. The number of aromatic nitrogens is 1. The van der Waals surface area contributed by atoms with Crippen LogP contribution in [0.4, 0.5) is 5.69 Å². The quantitative estimate of drug-likeness (QED) is 0.897. The van der Waals surface area contributed by atoms with Crippen LogP contribution < -0.4 is 4.90 Å². The molecule has 0 saturated carbocycles. The fourth-order valence-electron chi connectivity index (χ4n) is 4.98. The molecule has 0 radical (unpaired) electrons. The molecule has 1 aromatic carbocycles. The third kappa shape index (κ3) is 2.92. The molecule has 27 heavy (non-hydrogen) atoms. The second kappa shape index (κ2) is 6.68. The number of pyridine rings is 1. The zero-order valence-electron chi connectivity index (χ0n) is 15.6. The topological polar surface area (TPSA) is 59.9 Å². The summed E-state index contributed by atoms with van der Waals surface area (Å²) in [5.74, 6) is 0.444. The van der Waals surface area contributed by atoms with Crippen LogP contribution in [0, 0.1) is 0 Å². The monoisotopic (exact) mass is 366 g/mol. The number of carbonyl (C=O) groups is 1. The molecule has 2 saturated heterocycles. The van der Waals surface area contributed by atoms with Gasteiger partial charge in [-0.2, -0.15) is 0 Å². The average molecular weight is 366 g/mol. The molecule has 0 spiro atoms. The van der Waals surface area contributed by atoms with E-state index in [4.69, 9.17) is 0 Å². The maximum atomic E-state index is 11.8. The first-order valence-corrected chi connectivity index (χ1v) is 10.1. The van der Waals surface area contributed by atoms with Crippen molar-refractivity contribution in [1.82, 2.24) is 14.8 Å². The average Bonchev–Trinajstić information content (AvgIpc) is 3.32. The van der Waals surface area contributed by atoms with Gasteiger partial charge in [0, 0.05) is 74.4 Å². The Morgan fingerprint density at radius 1 is 1.15 bits per heavy atom. The Morgan fingerprint density at radius 3 is 2.93 bits per heavy atom. The number of likely N-dealkylation sites (tertiary alicyclic amines) is 2. The predicted molar refractivity (Wildman–Crippen MR) is 105 cm³/mol. The van der Waals surface area contributed by atoms with E-state index in [2.05, 4.69) is 20.9 Å².